The number of anilines is 1. The largest absolute Gasteiger partial charge is 0.398 e. The quantitative estimate of drug-likeness (QED) is 0.782. The van der Waals surface area contributed by atoms with Gasteiger partial charge in [0.05, 0.1) is 16.3 Å². The van der Waals surface area contributed by atoms with E-state index in [0.717, 1.165) is 0 Å². The van der Waals surface area contributed by atoms with Crippen LogP contribution in [0.15, 0.2) is 36.4 Å². The second kappa shape index (κ2) is 4.44. The summed E-state index contributed by atoms with van der Waals surface area (Å²) in [4.78, 5) is 0. The van der Waals surface area contributed by atoms with E-state index >= 15 is 0 Å². The fourth-order valence-corrected chi connectivity index (χ4v) is 1.91. The van der Waals surface area contributed by atoms with Crippen LogP contribution in [0.3, 0.4) is 0 Å². The second-order valence-corrected chi connectivity index (χ2v) is 3.86. The molecular formula is C13H8ClFN2. The maximum Gasteiger partial charge on any atom is 0.131 e. The van der Waals surface area contributed by atoms with E-state index in [1.807, 2.05) is 6.07 Å². The molecule has 84 valence electrons. The average Bonchev–Trinajstić information content (AvgIpc) is 2.31. The van der Waals surface area contributed by atoms with Crippen molar-refractivity contribution in [1.29, 1.82) is 5.26 Å². The third-order valence-electron chi connectivity index (χ3n) is 2.45. The molecular weight excluding hydrogens is 239 g/mol. The topological polar surface area (TPSA) is 49.8 Å². The zero-order valence-electron chi connectivity index (χ0n) is 8.74. The molecule has 0 saturated heterocycles. The van der Waals surface area contributed by atoms with Gasteiger partial charge in [-0.25, -0.2) is 4.39 Å². The summed E-state index contributed by atoms with van der Waals surface area (Å²) in [6.45, 7) is 0. The first kappa shape index (κ1) is 11.4. The fourth-order valence-electron chi connectivity index (χ4n) is 1.59. The Bertz CT molecular complexity index is 617. The number of halogens is 2. The number of nitrogen functional groups attached to an aromatic ring is 1. The molecule has 0 amide bonds. The molecule has 2 rings (SSSR count). The van der Waals surface area contributed by atoms with Crippen molar-refractivity contribution < 1.29 is 4.39 Å². The summed E-state index contributed by atoms with van der Waals surface area (Å²) in [5, 5.41) is 9.11. The van der Waals surface area contributed by atoms with Crippen molar-refractivity contribution in [2.45, 2.75) is 0 Å². The van der Waals surface area contributed by atoms with E-state index in [1.165, 1.54) is 6.07 Å². The summed E-state index contributed by atoms with van der Waals surface area (Å²) in [5.41, 5.74) is 6.90. The third-order valence-corrected chi connectivity index (χ3v) is 2.84. The first-order valence-corrected chi connectivity index (χ1v) is 5.26. The molecule has 0 bridgehead atoms. The van der Waals surface area contributed by atoms with Gasteiger partial charge in [-0.05, 0) is 12.1 Å². The zero-order chi connectivity index (χ0) is 12.4. The highest BCUT2D eigenvalue weighted by Gasteiger charge is 2.13. The number of nitrogens with two attached hydrogens (primary N) is 1. The molecule has 0 aliphatic heterocycles. The monoisotopic (exact) mass is 246 g/mol. The van der Waals surface area contributed by atoms with Gasteiger partial charge in [0.15, 0.2) is 0 Å². The maximum atomic E-state index is 13.6. The van der Waals surface area contributed by atoms with E-state index in [1.54, 1.807) is 30.3 Å². The number of hydrogen-bond donors (Lipinski definition) is 1. The molecule has 0 aliphatic rings. The van der Waals surface area contributed by atoms with Crippen LogP contribution >= 0.6 is 11.6 Å². The lowest BCUT2D eigenvalue weighted by atomic mass is 10.0. The molecule has 0 fully saturated rings. The Kier molecular flexibility index (Phi) is 2.99. The van der Waals surface area contributed by atoms with Gasteiger partial charge in [0, 0.05) is 11.1 Å². The number of rotatable bonds is 1. The Morgan fingerprint density at radius 1 is 1.12 bits per heavy atom. The summed E-state index contributed by atoms with van der Waals surface area (Å²) >= 11 is 6.05. The van der Waals surface area contributed by atoms with Gasteiger partial charge in [-0.1, -0.05) is 35.9 Å². The normalized spacial score (nSPS) is 9.94. The van der Waals surface area contributed by atoms with Gasteiger partial charge >= 0.3 is 0 Å². The standard InChI is InChI=1S/C13H8ClFN2/c14-13-9(5-6-12(17)10(13)7-16)8-3-1-2-4-11(8)15/h1-6H,17H2. The van der Waals surface area contributed by atoms with Crippen LogP contribution in [0.5, 0.6) is 0 Å². The van der Waals surface area contributed by atoms with Gasteiger partial charge in [0.2, 0.25) is 0 Å². The van der Waals surface area contributed by atoms with Crippen molar-refractivity contribution in [2.75, 3.05) is 5.73 Å². The van der Waals surface area contributed by atoms with Gasteiger partial charge in [-0.2, -0.15) is 5.26 Å². The zero-order valence-corrected chi connectivity index (χ0v) is 9.50. The SMILES string of the molecule is N#Cc1c(N)ccc(-c2ccccc2F)c1Cl. The second-order valence-electron chi connectivity index (χ2n) is 3.48. The van der Waals surface area contributed by atoms with Crippen molar-refractivity contribution in [1.82, 2.24) is 0 Å². The van der Waals surface area contributed by atoms with Crippen molar-refractivity contribution >= 4 is 17.3 Å². The highest BCUT2D eigenvalue weighted by atomic mass is 35.5. The Hall–Kier alpha value is -2.05. The third kappa shape index (κ3) is 1.95. The lowest BCUT2D eigenvalue weighted by Gasteiger charge is -2.08. The smallest absolute Gasteiger partial charge is 0.131 e. The number of hydrogen-bond acceptors (Lipinski definition) is 2. The van der Waals surface area contributed by atoms with Crippen LogP contribution in [-0.2, 0) is 0 Å². The van der Waals surface area contributed by atoms with Gasteiger partial charge in [0.25, 0.3) is 0 Å². The van der Waals surface area contributed by atoms with Crippen molar-refractivity contribution in [3.05, 3.63) is 52.8 Å². The lowest BCUT2D eigenvalue weighted by molar-refractivity contribution is 0.631. The van der Waals surface area contributed by atoms with E-state index in [-0.39, 0.29) is 22.1 Å². The molecule has 0 heterocycles. The molecule has 4 heteroatoms. The Labute approximate surface area is 103 Å². The highest BCUT2D eigenvalue weighted by Crippen LogP contribution is 2.34. The molecule has 0 saturated carbocycles. The lowest BCUT2D eigenvalue weighted by Crippen LogP contribution is -1.94. The van der Waals surface area contributed by atoms with E-state index in [4.69, 9.17) is 22.6 Å². The van der Waals surface area contributed by atoms with Gasteiger partial charge in [0.1, 0.15) is 11.9 Å². The molecule has 17 heavy (non-hydrogen) atoms. The summed E-state index contributed by atoms with van der Waals surface area (Å²) in [7, 11) is 0. The Morgan fingerprint density at radius 3 is 2.47 bits per heavy atom. The van der Waals surface area contributed by atoms with Crippen LogP contribution in [0.4, 0.5) is 10.1 Å². The molecule has 0 unspecified atom stereocenters. The van der Waals surface area contributed by atoms with Gasteiger partial charge in [-0.3, -0.25) is 0 Å². The van der Waals surface area contributed by atoms with E-state index in [9.17, 15) is 4.39 Å². The number of nitriles is 1. The van der Waals surface area contributed by atoms with E-state index in [0.29, 0.717) is 11.1 Å². The first-order valence-electron chi connectivity index (χ1n) is 4.88. The predicted molar refractivity (Wildman–Crippen MR) is 66.0 cm³/mol. The van der Waals surface area contributed by atoms with Crippen LogP contribution in [0.1, 0.15) is 5.56 Å². The van der Waals surface area contributed by atoms with Gasteiger partial charge in [-0.15, -0.1) is 0 Å². The minimum atomic E-state index is -0.386. The van der Waals surface area contributed by atoms with Crippen molar-refractivity contribution in [3.63, 3.8) is 0 Å². The van der Waals surface area contributed by atoms with Crippen LogP contribution in [0.2, 0.25) is 5.02 Å². The van der Waals surface area contributed by atoms with Crippen molar-refractivity contribution in [3.8, 4) is 17.2 Å². The number of nitrogens with zero attached hydrogens (tertiary/aromatic N) is 1. The van der Waals surface area contributed by atoms with E-state index < -0.39 is 0 Å². The molecule has 0 radical (unpaired) electrons. The molecule has 0 aliphatic carbocycles. The van der Waals surface area contributed by atoms with E-state index in [2.05, 4.69) is 0 Å². The predicted octanol–water partition coefficient (Wildman–Crippen LogP) is 3.60. The van der Waals surface area contributed by atoms with Crippen LogP contribution < -0.4 is 5.73 Å². The van der Waals surface area contributed by atoms with Crippen LogP contribution in [0.25, 0.3) is 11.1 Å². The Morgan fingerprint density at radius 2 is 1.82 bits per heavy atom. The molecule has 2 aromatic rings. The van der Waals surface area contributed by atoms with Crippen LogP contribution in [-0.4, -0.2) is 0 Å². The van der Waals surface area contributed by atoms with Gasteiger partial charge < -0.3 is 5.73 Å². The molecule has 2 aromatic carbocycles. The van der Waals surface area contributed by atoms with Crippen LogP contribution in [0, 0.1) is 17.1 Å². The molecule has 0 spiro atoms. The summed E-state index contributed by atoms with van der Waals surface area (Å²) < 4.78 is 13.6. The average molecular weight is 247 g/mol. The molecule has 0 atom stereocenters. The van der Waals surface area contributed by atoms with Crippen molar-refractivity contribution in [2.24, 2.45) is 0 Å². The fraction of sp³-hybridized carbons (Fsp3) is 0. The maximum absolute atomic E-state index is 13.6. The Balaban J connectivity index is 2.71. The minimum Gasteiger partial charge on any atom is -0.398 e. The summed E-state index contributed by atoms with van der Waals surface area (Å²) in [6, 6.07) is 11.3. The minimum absolute atomic E-state index is 0.174. The summed E-state index contributed by atoms with van der Waals surface area (Å²) in [5.74, 6) is -0.386. The molecule has 2 N–H and O–H groups in total. The molecule has 0 aromatic heterocycles. The molecule has 2 nitrogen and oxygen atoms in total. The first-order chi connectivity index (χ1) is 8.15. The summed E-state index contributed by atoms with van der Waals surface area (Å²) in [6.07, 6.45) is 0. The highest BCUT2D eigenvalue weighted by molar-refractivity contribution is 6.35. The number of benzene rings is 2.